The van der Waals surface area contributed by atoms with Crippen LogP contribution < -0.4 is 4.74 Å². The molecule has 6 rings (SSSR count). The molecule has 1 aromatic heterocycles. The molecule has 1 N–H and O–H groups in total. The van der Waals surface area contributed by atoms with Gasteiger partial charge in [0, 0.05) is 24.3 Å². The number of fused-ring (bicyclic) bond motifs is 4. The highest BCUT2D eigenvalue weighted by Gasteiger charge is 2.77. The zero-order valence-electron chi connectivity index (χ0n) is 21.1. The summed E-state index contributed by atoms with van der Waals surface area (Å²) < 4.78 is 12.5. The van der Waals surface area contributed by atoms with Gasteiger partial charge in [-0.15, -0.1) is 0 Å². The van der Waals surface area contributed by atoms with E-state index in [1.165, 1.54) is 51.4 Å². The van der Waals surface area contributed by atoms with Crippen molar-refractivity contribution in [2.45, 2.75) is 84.8 Å². The second kappa shape index (κ2) is 7.68. The Hall–Kier alpha value is -1.13. The number of methoxy groups -OCH3 is 1. The fraction of sp³-hybridized carbons (Fsp3) is 0.828. The monoisotopic (exact) mass is 453 g/mol. The Morgan fingerprint density at radius 3 is 2.76 bits per heavy atom. The molecule has 1 aromatic rings. The van der Waals surface area contributed by atoms with Gasteiger partial charge in [0.25, 0.3) is 0 Å². The molecule has 5 fully saturated rings. The van der Waals surface area contributed by atoms with Gasteiger partial charge in [0.1, 0.15) is 0 Å². The van der Waals surface area contributed by atoms with E-state index >= 15 is 0 Å². The molecule has 10 atom stereocenters. The molecule has 4 heteroatoms. The summed E-state index contributed by atoms with van der Waals surface area (Å²) in [6, 6.07) is 3.76. The quantitative estimate of drug-likeness (QED) is 0.585. The predicted octanol–water partition coefficient (Wildman–Crippen LogP) is 5.87. The van der Waals surface area contributed by atoms with Crippen LogP contribution in [0.4, 0.5) is 0 Å². The number of nitrogens with zero attached hydrogens (tertiary/aromatic N) is 1. The summed E-state index contributed by atoms with van der Waals surface area (Å²) in [5.74, 6) is 5.31. The second-order valence-corrected chi connectivity index (χ2v) is 12.9. The molecule has 5 saturated carbocycles. The van der Waals surface area contributed by atoms with Gasteiger partial charge in [-0.3, -0.25) is 0 Å². The van der Waals surface area contributed by atoms with Gasteiger partial charge in [-0.1, -0.05) is 20.8 Å². The van der Waals surface area contributed by atoms with Crippen LogP contribution in [0.15, 0.2) is 18.3 Å². The Balaban J connectivity index is 1.20. The molecule has 0 aliphatic heterocycles. The molecule has 182 valence electrons. The zero-order valence-corrected chi connectivity index (χ0v) is 21.1. The summed E-state index contributed by atoms with van der Waals surface area (Å²) in [7, 11) is 1.99. The van der Waals surface area contributed by atoms with Crippen molar-refractivity contribution in [1.29, 1.82) is 0 Å². The molecule has 0 aromatic carbocycles. The molecule has 0 saturated heterocycles. The third-order valence-electron chi connectivity index (χ3n) is 12.1. The average Bonchev–Trinajstić information content (AvgIpc) is 3.33. The number of aliphatic hydroxyl groups is 1. The number of rotatable bonds is 6. The number of hydrogen-bond acceptors (Lipinski definition) is 4. The van der Waals surface area contributed by atoms with Gasteiger partial charge >= 0.3 is 0 Å². The van der Waals surface area contributed by atoms with E-state index in [-0.39, 0.29) is 6.61 Å². The molecule has 1 unspecified atom stereocenters. The van der Waals surface area contributed by atoms with Crippen molar-refractivity contribution in [2.75, 3.05) is 13.7 Å². The highest BCUT2D eigenvalue weighted by molar-refractivity contribution is 5.26. The lowest BCUT2D eigenvalue weighted by Crippen LogP contribution is -2.57. The van der Waals surface area contributed by atoms with Gasteiger partial charge in [0.15, 0.2) is 0 Å². The first-order valence-electron chi connectivity index (χ1n) is 13.6. The molecule has 4 nitrogen and oxygen atoms in total. The zero-order chi connectivity index (χ0) is 23.0. The largest absolute Gasteiger partial charge is 0.477 e. The molecule has 0 amide bonds. The summed E-state index contributed by atoms with van der Waals surface area (Å²) in [5, 5.41) is 9.62. The summed E-state index contributed by atoms with van der Waals surface area (Å²) in [6.45, 7) is 8.33. The summed E-state index contributed by atoms with van der Waals surface area (Å²) in [4.78, 5) is 4.37. The van der Waals surface area contributed by atoms with E-state index in [0.717, 1.165) is 29.2 Å². The lowest BCUT2D eigenvalue weighted by molar-refractivity contribution is -0.161. The lowest BCUT2D eigenvalue weighted by atomic mass is 9.45. The van der Waals surface area contributed by atoms with Crippen LogP contribution in [-0.4, -0.2) is 29.9 Å². The van der Waals surface area contributed by atoms with Crippen molar-refractivity contribution in [2.24, 2.45) is 51.8 Å². The first-order valence-corrected chi connectivity index (χ1v) is 13.6. The Morgan fingerprint density at radius 1 is 1.15 bits per heavy atom. The molecule has 1 spiro atoms. The average molecular weight is 454 g/mol. The molecular formula is C29H43NO3. The second-order valence-electron chi connectivity index (χ2n) is 12.9. The van der Waals surface area contributed by atoms with Gasteiger partial charge in [-0.25, -0.2) is 4.98 Å². The fourth-order valence-electron chi connectivity index (χ4n) is 10.6. The first-order chi connectivity index (χ1) is 15.9. The van der Waals surface area contributed by atoms with E-state index < -0.39 is 0 Å². The number of aromatic nitrogens is 1. The van der Waals surface area contributed by atoms with Crippen LogP contribution in [0.25, 0.3) is 0 Å². The molecule has 33 heavy (non-hydrogen) atoms. The minimum Gasteiger partial charge on any atom is -0.477 e. The number of hydrogen-bond donors (Lipinski definition) is 1. The van der Waals surface area contributed by atoms with Crippen molar-refractivity contribution in [1.82, 2.24) is 4.98 Å². The van der Waals surface area contributed by atoms with Crippen LogP contribution >= 0.6 is 0 Å². The minimum absolute atomic E-state index is 0.0222. The van der Waals surface area contributed by atoms with Crippen molar-refractivity contribution in [3.63, 3.8) is 0 Å². The van der Waals surface area contributed by atoms with E-state index in [2.05, 4.69) is 25.8 Å². The number of ether oxygens (including phenoxy) is 2. The highest BCUT2D eigenvalue weighted by Crippen LogP contribution is 2.82. The van der Waals surface area contributed by atoms with Crippen molar-refractivity contribution in [3.8, 4) is 5.88 Å². The van der Waals surface area contributed by atoms with E-state index in [1.807, 2.05) is 19.2 Å². The van der Waals surface area contributed by atoms with E-state index in [4.69, 9.17) is 9.47 Å². The molecular weight excluding hydrogens is 410 g/mol. The Bertz CT molecular complexity index is 905. The van der Waals surface area contributed by atoms with Crippen LogP contribution in [0.2, 0.25) is 0 Å². The van der Waals surface area contributed by atoms with Gasteiger partial charge in [-0.2, -0.15) is 0 Å². The van der Waals surface area contributed by atoms with Crippen LogP contribution in [0.3, 0.4) is 0 Å². The maximum atomic E-state index is 9.62. The Labute approximate surface area is 199 Å². The van der Waals surface area contributed by atoms with Gasteiger partial charge in [0.05, 0.1) is 19.3 Å². The molecule has 5 aliphatic rings. The maximum Gasteiger partial charge on any atom is 0.218 e. The number of aliphatic hydroxyl groups excluding tert-OH is 1. The third kappa shape index (κ3) is 2.92. The fourth-order valence-corrected chi connectivity index (χ4v) is 10.6. The van der Waals surface area contributed by atoms with Crippen molar-refractivity contribution < 1.29 is 14.6 Å². The Morgan fingerprint density at radius 2 is 2.00 bits per heavy atom. The van der Waals surface area contributed by atoms with Crippen molar-refractivity contribution >= 4 is 0 Å². The van der Waals surface area contributed by atoms with Crippen molar-refractivity contribution in [3.05, 3.63) is 23.9 Å². The van der Waals surface area contributed by atoms with Crippen LogP contribution in [0.5, 0.6) is 5.88 Å². The molecule has 5 aliphatic carbocycles. The smallest absolute Gasteiger partial charge is 0.218 e. The van der Waals surface area contributed by atoms with Gasteiger partial charge in [-0.05, 0) is 110 Å². The molecule has 1 heterocycles. The third-order valence-corrected chi connectivity index (χ3v) is 12.1. The summed E-state index contributed by atoms with van der Waals surface area (Å²) >= 11 is 0. The van der Waals surface area contributed by atoms with Gasteiger partial charge < -0.3 is 14.6 Å². The number of pyridine rings is 1. The van der Waals surface area contributed by atoms with Crippen LogP contribution in [-0.2, 0) is 11.3 Å². The first kappa shape index (κ1) is 22.3. The molecule has 0 bridgehead atoms. The van der Waals surface area contributed by atoms with E-state index in [0.29, 0.717) is 46.7 Å². The van der Waals surface area contributed by atoms with E-state index in [9.17, 15) is 5.11 Å². The van der Waals surface area contributed by atoms with Crippen LogP contribution in [0.1, 0.15) is 77.7 Å². The minimum atomic E-state index is -0.0222. The maximum absolute atomic E-state index is 9.62. The lowest BCUT2D eigenvalue weighted by Gasteiger charge is -2.61. The standard InChI is InChI=1S/C29H43NO3/c1-18(17-33-26-19(16-31)6-5-13-30-26)22-7-8-23-21-14-25(32-4)29-15-20(29)9-12-28(29,3)24(21)10-11-27(22,23)2/h5-6,13,18,20-25,31H,7-12,14-17H2,1-4H3/t18-,20-,21+,22-,23+,24+,25?,27-,28-,29+/m1/s1. The van der Waals surface area contributed by atoms with E-state index in [1.54, 1.807) is 6.20 Å². The summed E-state index contributed by atoms with van der Waals surface area (Å²) in [6.07, 6.45) is 13.4. The topological polar surface area (TPSA) is 51.6 Å². The predicted molar refractivity (Wildman–Crippen MR) is 129 cm³/mol. The normalized spacial score (nSPS) is 48.4. The highest BCUT2D eigenvalue weighted by atomic mass is 16.5. The van der Waals surface area contributed by atoms with Gasteiger partial charge in [0.2, 0.25) is 5.88 Å². The SMILES string of the molecule is COC1C[C@H]2[C@@H]3CC[C@H]([C@H](C)COc4ncccc4CO)[C@@]3(C)CC[C@@H]2[C@@]2(C)CC[C@@H]3C[C@@]132. The van der Waals surface area contributed by atoms with Crippen LogP contribution in [0, 0.1) is 51.8 Å². The summed E-state index contributed by atoms with van der Waals surface area (Å²) in [5.41, 5.74) is 2.22. The molecule has 0 radical (unpaired) electrons. The Kier molecular flexibility index (Phi) is 5.20.